The topological polar surface area (TPSA) is 96.3 Å². The van der Waals surface area contributed by atoms with Gasteiger partial charge in [-0.25, -0.2) is 4.79 Å². The predicted molar refractivity (Wildman–Crippen MR) is 130 cm³/mol. The van der Waals surface area contributed by atoms with E-state index in [2.05, 4.69) is 0 Å². The van der Waals surface area contributed by atoms with Crippen molar-refractivity contribution in [1.29, 1.82) is 0 Å². The molecule has 2 aromatic carbocycles. The number of benzene rings is 2. The molecule has 0 fully saturated rings. The zero-order valence-electron chi connectivity index (χ0n) is 19.5. The highest BCUT2D eigenvalue weighted by molar-refractivity contribution is 6.31. The summed E-state index contributed by atoms with van der Waals surface area (Å²) in [6, 6.07) is 12.6. The van der Waals surface area contributed by atoms with Crippen molar-refractivity contribution in [1.82, 2.24) is 0 Å². The van der Waals surface area contributed by atoms with Crippen LogP contribution in [0, 0.1) is 5.41 Å². The molecule has 7 nitrogen and oxygen atoms in total. The number of carboxylic acid groups (broad SMARTS) is 1. The van der Waals surface area contributed by atoms with Crippen molar-refractivity contribution in [3.05, 3.63) is 63.6 Å². The standard InChI is InChI=1S/C25H29Cl2NO6/c1-15(29)12-25(32,23(30)31)34-21-13-33-22(17-7-5-6-8-19(17)27)18-11-16(26)9-10-20(18)28(21)14-24(2,3)4/h5-11,21-22,32H,12-14H2,1-4H3,(H,30,31)/t21?,22-,25+/m1/s1. The lowest BCUT2D eigenvalue weighted by atomic mass is 9.94. The Hall–Kier alpha value is -2.16. The van der Waals surface area contributed by atoms with Gasteiger partial charge in [-0.1, -0.05) is 62.2 Å². The molecule has 0 aromatic heterocycles. The Balaban J connectivity index is 2.15. The second-order valence-electron chi connectivity index (χ2n) is 9.67. The smallest absolute Gasteiger partial charge is 0.364 e. The highest BCUT2D eigenvalue weighted by Gasteiger charge is 2.45. The fourth-order valence-electron chi connectivity index (χ4n) is 3.98. The van der Waals surface area contributed by atoms with E-state index in [1.54, 1.807) is 18.2 Å². The lowest BCUT2D eigenvalue weighted by molar-refractivity contribution is -0.246. The summed E-state index contributed by atoms with van der Waals surface area (Å²) in [7, 11) is 0. The van der Waals surface area contributed by atoms with Crippen molar-refractivity contribution in [2.24, 2.45) is 5.41 Å². The molecule has 3 rings (SSSR count). The summed E-state index contributed by atoms with van der Waals surface area (Å²) in [4.78, 5) is 25.5. The quantitative estimate of drug-likeness (QED) is 0.503. The van der Waals surface area contributed by atoms with E-state index < -0.39 is 36.3 Å². The normalized spacial score (nSPS) is 20.3. The highest BCUT2D eigenvalue weighted by atomic mass is 35.5. The number of anilines is 1. The number of hydrogen-bond acceptors (Lipinski definition) is 6. The number of ether oxygens (including phenoxy) is 2. The van der Waals surface area contributed by atoms with Gasteiger partial charge in [0.15, 0.2) is 6.23 Å². The highest BCUT2D eigenvalue weighted by Crippen LogP contribution is 2.42. The summed E-state index contributed by atoms with van der Waals surface area (Å²) in [6.07, 6.45) is -2.35. The third-order valence-corrected chi connectivity index (χ3v) is 5.90. The molecule has 0 saturated carbocycles. The number of aliphatic carboxylic acids is 1. The minimum absolute atomic E-state index is 0.105. The summed E-state index contributed by atoms with van der Waals surface area (Å²) in [6.45, 7) is 7.59. The monoisotopic (exact) mass is 509 g/mol. The van der Waals surface area contributed by atoms with Gasteiger partial charge in [-0.15, -0.1) is 0 Å². The van der Waals surface area contributed by atoms with Crippen molar-refractivity contribution >= 4 is 40.6 Å². The molecule has 0 spiro atoms. The number of Topliss-reactive ketones (excluding diaryl/α,β-unsaturated/α-hetero) is 1. The Bertz CT molecular complexity index is 1070. The van der Waals surface area contributed by atoms with Crippen LogP contribution in [0.2, 0.25) is 10.0 Å². The zero-order chi connectivity index (χ0) is 25.3. The molecule has 2 N–H and O–H groups in total. The second-order valence-corrected chi connectivity index (χ2v) is 10.5. The Morgan fingerprint density at radius 3 is 2.41 bits per heavy atom. The molecular formula is C25H29Cl2NO6. The first kappa shape index (κ1) is 26.4. The molecule has 0 amide bonds. The van der Waals surface area contributed by atoms with Crippen LogP contribution in [-0.2, 0) is 19.1 Å². The number of ketones is 1. The van der Waals surface area contributed by atoms with E-state index in [1.165, 1.54) is 6.92 Å². The number of aliphatic hydroxyl groups is 1. The maximum absolute atomic E-state index is 11.9. The van der Waals surface area contributed by atoms with Gasteiger partial charge in [0.1, 0.15) is 11.9 Å². The van der Waals surface area contributed by atoms with Crippen molar-refractivity contribution in [3.63, 3.8) is 0 Å². The van der Waals surface area contributed by atoms with Gasteiger partial charge >= 0.3 is 5.97 Å². The molecule has 0 radical (unpaired) electrons. The lowest BCUT2D eigenvalue weighted by Crippen LogP contribution is -2.53. The first-order valence-electron chi connectivity index (χ1n) is 10.9. The molecular weight excluding hydrogens is 481 g/mol. The minimum Gasteiger partial charge on any atom is -0.477 e. The van der Waals surface area contributed by atoms with Gasteiger partial charge in [0.05, 0.1) is 13.0 Å². The average molecular weight is 510 g/mol. The SMILES string of the molecule is CC(=O)C[C@](O)(OC1CO[C@H](c2ccccc2Cl)c2cc(Cl)ccc2N1CC(C)(C)C)C(=O)O. The number of halogens is 2. The van der Waals surface area contributed by atoms with Gasteiger partial charge < -0.3 is 24.6 Å². The largest absolute Gasteiger partial charge is 0.477 e. The molecule has 1 heterocycles. The summed E-state index contributed by atoms with van der Waals surface area (Å²) >= 11 is 12.8. The number of carbonyl (C=O) groups is 2. The summed E-state index contributed by atoms with van der Waals surface area (Å²) in [5.74, 6) is -4.89. The number of carbonyl (C=O) groups excluding carboxylic acids is 1. The summed E-state index contributed by atoms with van der Waals surface area (Å²) in [5, 5.41) is 21.4. The Morgan fingerprint density at radius 1 is 1.15 bits per heavy atom. The summed E-state index contributed by atoms with van der Waals surface area (Å²) < 4.78 is 12.0. The van der Waals surface area contributed by atoms with Crippen LogP contribution >= 0.6 is 23.2 Å². The van der Waals surface area contributed by atoms with E-state index in [-0.39, 0.29) is 12.0 Å². The molecule has 3 atom stereocenters. The van der Waals surface area contributed by atoms with Crippen LogP contribution in [0.5, 0.6) is 0 Å². The summed E-state index contributed by atoms with van der Waals surface area (Å²) in [5.41, 5.74) is 1.88. The van der Waals surface area contributed by atoms with Crippen molar-refractivity contribution in [3.8, 4) is 0 Å². The minimum atomic E-state index is -2.72. The molecule has 1 unspecified atom stereocenters. The van der Waals surface area contributed by atoms with Gasteiger partial charge in [0.25, 0.3) is 5.79 Å². The van der Waals surface area contributed by atoms with Gasteiger partial charge in [0, 0.05) is 33.4 Å². The van der Waals surface area contributed by atoms with E-state index in [9.17, 15) is 19.8 Å². The van der Waals surface area contributed by atoms with Crippen LogP contribution < -0.4 is 4.90 Å². The number of carboxylic acids is 1. The fraction of sp³-hybridized carbons (Fsp3) is 0.440. The zero-order valence-corrected chi connectivity index (χ0v) is 21.1. The first-order chi connectivity index (χ1) is 15.8. The number of nitrogens with zero attached hydrogens (tertiary/aromatic N) is 1. The third kappa shape index (κ3) is 6.09. The molecule has 34 heavy (non-hydrogen) atoms. The van der Waals surface area contributed by atoms with E-state index in [4.69, 9.17) is 32.7 Å². The fourth-order valence-corrected chi connectivity index (χ4v) is 4.40. The Labute approximate surface area is 209 Å². The molecule has 1 aliphatic heterocycles. The van der Waals surface area contributed by atoms with Gasteiger partial charge in [-0.2, -0.15) is 0 Å². The van der Waals surface area contributed by atoms with Crippen LogP contribution in [-0.4, -0.2) is 47.1 Å². The molecule has 0 saturated heterocycles. The van der Waals surface area contributed by atoms with Crippen LogP contribution in [0.15, 0.2) is 42.5 Å². The molecule has 184 valence electrons. The van der Waals surface area contributed by atoms with Crippen LogP contribution in [0.1, 0.15) is 51.3 Å². The van der Waals surface area contributed by atoms with Gasteiger partial charge in [-0.05, 0) is 36.6 Å². The maximum Gasteiger partial charge on any atom is 0.364 e. The Kier molecular flexibility index (Phi) is 7.95. The average Bonchev–Trinajstić information content (AvgIpc) is 2.84. The van der Waals surface area contributed by atoms with Crippen LogP contribution in [0.25, 0.3) is 0 Å². The molecule has 1 aliphatic rings. The molecule has 2 aromatic rings. The van der Waals surface area contributed by atoms with Crippen molar-refractivity contribution in [2.45, 2.75) is 52.2 Å². The molecule has 0 bridgehead atoms. The second kappa shape index (κ2) is 10.2. The molecule has 9 heteroatoms. The third-order valence-electron chi connectivity index (χ3n) is 5.32. The molecule has 0 aliphatic carbocycles. The lowest BCUT2D eigenvalue weighted by Gasteiger charge is -2.39. The van der Waals surface area contributed by atoms with Crippen LogP contribution in [0.3, 0.4) is 0 Å². The van der Waals surface area contributed by atoms with Crippen molar-refractivity contribution in [2.75, 3.05) is 18.1 Å². The van der Waals surface area contributed by atoms with Crippen molar-refractivity contribution < 1.29 is 29.3 Å². The number of rotatable bonds is 7. The van der Waals surface area contributed by atoms with E-state index in [1.807, 2.05) is 49.9 Å². The van der Waals surface area contributed by atoms with Crippen LogP contribution in [0.4, 0.5) is 5.69 Å². The van der Waals surface area contributed by atoms with E-state index >= 15 is 0 Å². The number of fused-ring (bicyclic) bond motifs is 1. The van der Waals surface area contributed by atoms with Gasteiger partial charge in [0.2, 0.25) is 0 Å². The predicted octanol–water partition coefficient (Wildman–Crippen LogP) is 5.06. The maximum atomic E-state index is 11.9. The Morgan fingerprint density at radius 2 is 1.82 bits per heavy atom. The first-order valence-corrected chi connectivity index (χ1v) is 11.6. The van der Waals surface area contributed by atoms with Gasteiger partial charge in [-0.3, -0.25) is 4.79 Å². The van der Waals surface area contributed by atoms with E-state index in [0.29, 0.717) is 27.8 Å². The number of hydrogen-bond donors (Lipinski definition) is 2. The van der Waals surface area contributed by atoms with E-state index in [0.717, 1.165) is 5.56 Å².